The Kier molecular flexibility index (Phi) is 1.85. The van der Waals surface area contributed by atoms with E-state index >= 15 is 0 Å². The molecule has 1 saturated carbocycles. The van der Waals surface area contributed by atoms with E-state index in [1.54, 1.807) is 0 Å². The molecule has 4 unspecified atom stereocenters. The van der Waals surface area contributed by atoms with Gasteiger partial charge in [0.05, 0.1) is 12.5 Å². The number of fused-ring (bicyclic) bond motifs is 1. The normalized spacial score (nSPS) is 47.0. The van der Waals surface area contributed by atoms with Crippen LogP contribution in [0.2, 0.25) is 0 Å². The SMILES string of the molecule is CC1COC(=O)C2C(C)CCC12. The van der Waals surface area contributed by atoms with E-state index in [0.717, 1.165) is 0 Å². The Bertz CT molecular complexity index is 200. The van der Waals surface area contributed by atoms with E-state index in [0.29, 0.717) is 24.4 Å². The molecule has 1 heterocycles. The highest BCUT2D eigenvalue weighted by molar-refractivity contribution is 5.74. The zero-order valence-corrected chi connectivity index (χ0v) is 7.75. The van der Waals surface area contributed by atoms with Gasteiger partial charge in [-0.3, -0.25) is 4.79 Å². The van der Waals surface area contributed by atoms with Gasteiger partial charge in [0.25, 0.3) is 0 Å². The number of cyclic esters (lactones) is 1. The number of rotatable bonds is 0. The molecule has 12 heavy (non-hydrogen) atoms. The van der Waals surface area contributed by atoms with E-state index in [9.17, 15) is 4.79 Å². The van der Waals surface area contributed by atoms with Crippen LogP contribution in [-0.2, 0) is 9.53 Å². The first kappa shape index (κ1) is 8.09. The van der Waals surface area contributed by atoms with Crippen LogP contribution in [0.15, 0.2) is 0 Å². The quantitative estimate of drug-likeness (QED) is 0.516. The number of esters is 1. The highest BCUT2D eigenvalue weighted by atomic mass is 16.5. The van der Waals surface area contributed by atoms with Crippen LogP contribution in [0.3, 0.4) is 0 Å². The molecule has 2 fully saturated rings. The smallest absolute Gasteiger partial charge is 0.309 e. The van der Waals surface area contributed by atoms with Crippen molar-refractivity contribution < 1.29 is 9.53 Å². The molecule has 0 aromatic heterocycles. The van der Waals surface area contributed by atoms with E-state index in [2.05, 4.69) is 13.8 Å². The van der Waals surface area contributed by atoms with Gasteiger partial charge in [0.2, 0.25) is 0 Å². The molecule has 0 radical (unpaired) electrons. The maximum absolute atomic E-state index is 11.4. The zero-order chi connectivity index (χ0) is 8.72. The lowest BCUT2D eigenvalue weighted by molar-refractivity contribution is -0.160. The molecule has 1 aliphatic heterocycles. The lowest BCUT2D eigenvalue weighted by Crippen LogP contribution is -2.37. The van der Waals surface area contributed by atoms with Crippen LogP contribution < -0.4 is 0 Å². The molecule has 2 nitrogen and oxygen atoms in total. The van der Waals surface area contributed by atoms with Gasteiger partial charge in [0.15, 0.2) is 0 Å². The minimum atomic E-state index is 0.0584. The molecule has 0 spiro atoms. The van der Waals surface area contributed by atoms with Crippen LogP contribution in [-0.4, -0.2) is 12.6 Å². The summed E-state index contributed by atoms with van der Waals surface area (Å²) in [6.45, 7) is 5.01. The van der Waals surface area contributed by atoms with E-state index in [-0.39, 0.29) is 11.9 Å². The third-order valence-corrected chi connectivity index (χ3v) is 3.52. The van der Waals surface area contributed by atoms with Crippen LogP contribution >= 0.6 is 0 Å². The third kappa shape index (κ3) is 1.05. The summed E-state index contributed by atoms with van der Waals surface area (Å²) in [5.74, 6) is 2.01. The van der Waals surface area contributed by atoms with Gasteiger partial charge in [-0.05, 0) is 30.6 Å². The van der Waals surface area contributed by atoms with Crippen molar-refractivity contribution in [3.63, 3.8) is 0 Å². The molecule has 0 amide bonds. The van der Waals surface area contributed by atoms with Crippen molar-refractivity contribution in [2.45, 2.75) is 26.7 Å². The number of carbonyl (C=O) groups is 1. The van der Waals surface area contributed by atoms with Crippen molar-refractivity contribution in [1.82, 2.24) is 0 Å². The molecular weight excluding hydrogens is 152 g/mol. The van der Waals surface area contributed by atoms with Gasteiger partial charge in [-0.25, -0.2) is 0 Å². The van der Waals surface area contributed by atoms with Crippen molar-refractivity contribution >= 4 is 5.97 Å². The lowest BCUT2D eigenvalue weighted by atomic mass is 9.81. The Balaban J connectivity index is 2.18. The molecule has 2 rings (SSSR count). The second-order valence-corrected chi connectivity index (χ2v) is 4.35. The minimum absolute atomic E-state index is 0.0584. The number of ether oxygens (including phenoxy) is 1. The topological polar surface area (TPSA) is 26.3 Å². The van der Waals surface area contributed by atoms with Crippen molar-refractivity contribution in [3.05, 3.63) is 0 Å². The first-order valence-electron chi connectivity index (χ1n) is 4.87. The van der Waals surface area contributed by atoms with Crippen LogP contribution in [0.4, 0.5) is 0 Å². The van der Waals surface area contributed by atoms with Crippen LogP contribution in [0.5, 0.6) is 0 Å². The average molecular weight is 168 g/mol. The summed E-state index contributed by atoms with van der Waals surface area (Å²) in [5.41, 5.74) is 0. The average Bonchev–Trinajstić information content (AvgIpc) is 2.42. The first-order chi connectivity index (χ1) is 5.70. The highest BCUT2D eigenvalue weighted by Crippen LogP contribution is 2.44. The monoisotopic (exact) mass is 168 g/mol. The molecule has 0 aromatic rings. The third-order valence-electron chi connectivity index (χ3n) is 3.52. The molecule has 4 atom stereocenters. The maximum Gasteiger partial charge on any atom is 0.309 e. The summed E-state index contributed by atoms with van der Waals surface area (Å²) < 4.78 is 5.14. The summed E-state index contributed by atoms with van der Waals surface area (Å²) in [6, 6.07) is 0. The van der Waals surface area contributed by atoms with Gasteiger partial charge >= 0.3 is 5.97 Å². The molecule has 2 aliphatic rings. The zero-order valence-electron chi connectivity index (χ0n) is 7.75. The lowest BCUT2D eigenvalue weighted by Gasteiger charge is -2.31. The van der Waals surface area contributed by atoms with Crippen molar-refractivity contribution in [2.75, 3.05) is 6.61 Å². The summed E-state index contributed by atoms with van der Waals surface area (Å²) >= 11 is 0. The van der Waals surface area contributed by atoms with Crippen molar-refractivity contribution in [1.29, 1.82) is 0 Å². The van der Waals surface area contributed by atoms with Gasteiger partial charge < -0.3 is 4.74 Å². The summed E-state index contributed by atoms with van der Waals surface area (Å²) in [4.78, 5) is 11.4. The van der Waals surface area contributed by atoms with Crippen molar-refractivity contribution in [2.24, 2.45) is 23.7 Å². The maximum atomic E-state index is 11.4. The predicted octanol–water partition coefficient (Wildman–Crippen LogP) is 1.84. The fraction of sp³-hybridized carbons (Fsp3) is 0.900. The molecule has 1 saturated heterocycles. The Hall–Kier alpha value is -0.530. The van der Waals surface area contributed by atoms with Gasteiger partial charge in [-0.15, -0.1) is 0 Å². The summed E-state index contributed by atoms with van der Waals surface area (Å²) in [7, 11) is 0. The molecule has 0 bridgehead atoms. The van der Waals surface area contributed by atoms with Gasteiger partial charge in [-0.1, -0.05) is 13.8 Å². The fourth-order valence-corrected chi connectivity index (χ4v) is 2.72. The highest BCUT2D eigenvalue weighted by Gasteiger charge is 2.45. The molecule has 0 aromatic carbocycles. The predicted molar refractivity (Wildman–Crippen MR) is 45.5 cm³/mol. The van der Waals surface area contributed by atoms with E-state index in [1.165, 1.54) is 12.8 Å². The van der Waals surface area contributed by atoms with Crippen LogP contribution in [0.1, 0.15) is 26.7 Å². The van der Waals surface area contributed by atoms with Crippen molar-refractivity contribution in [3.8, 4) is 0 Å². The van der Waals surface area contributed by atoms with Gasteiger partial charge in [-0.2, -0.15) is 0 Å². The second-order valence-electron chi connectivity index (χ2n) is 4.35. The number of carbonyl (C=O) groups excluding carboxylic acids is 1. The summed E-state index contributed by atoms with van der Waals surface area (Å²) in [6.07, 6.45) is 2.43. The Morgan fingerprint density at radius 1 is 1.25 bits per heavy atom. The molecule has 2 heteroatoms. The Labute approximate surface area is 73.3 Å². The molecule has 68 valence electrons. The van der Waals surface area contributed by atoms with Crippen LogP contribution in [0, 0.1) is 23.7 Å². The molecule has 1 aliphatic carbocycles. The number of hydrogen-bond donors (Lipinski definition) is 0. The largest absolute Gasteiger partial charge is 0.465 e. The summed E-state index contributed by atoms with van der Waals surface area (Å²) in [5, 5.41) is 0. The molecule has 0 N–H and O–H groups in total. The number of hydrogen-bond acceptors (Lipinski definition) is 2. The standard InChI is InChI=1S/C10H16O2/c1-6-3-4-8-7(2)5-12-10(11)9(6)8/h6-9H,3-5H2,1-2H3. The van der Waals surface area contributed by atoms with Crippen LogP contribution in [0.25, 0.3) is 0 Å². The van der Waals surface area contributed by atoms with Gasteiger partial charge in [0, 0.05) is 0 Å². The molecular formula is C10H16O2. The van der Waals surface area contributed by atoms with E-state index in [4.69, 9.17) is 4.74 Å². The second kappa shape index (κ2) is 2.75. The fourth-order valence-electron chi connectivity index (χ4n) is 2.72. The Morgan fingerprint density at radius 3 is 2.67 bits per heavy atom. The minimum Gasteiger partial charge on any atom is -0.465 e. The Morgan fingerprint density at radius 2 is 2.00 bits per heavy atom. The van der Waals surface area contributed by atoms with E-state index < -0.39 is 0 Å². The first-order valence-corrected chi connectivity index (χ1v) is 4.87. The van der Waals surface area contributed by atoms with E-state index in [1.807, 2.05) is 0 Å². The van der Waals surface area contributed by atoms with Gasteiger partial charge in [0.1, 0.15) is 0 Å².